The number of aromatic amines is 2. The van der Waals surface area contributed by atoms with E-state index in [1.807, 2.05) is 13.8 Å². The molecule has 0 saturated heterocycles. The Hall–Kier alpha value is -7.90. The lowest BCUT2D eigenvalue weighted by molar-refractivity contribution is -0.143. The van der Waals surface area contributed by atoms with Crippen molar-refractivity contribution in [3.05, 3.63) is 54.2 Å². The van der Waals surface area contributed by atoms with E-state index in [0.29, 0.717) is 35.0 Å². The standard InChI is InChI=1S/C55H85N13O13/c1-11-31(10)46(54(79)66-42(55(80)81)20-29(6)7)68-53(78)45(30(8)9)67-52(77)40(22-33-25-58-26-60-33)64-50(75)39(21-32-24-59-36-15-13-12-14-34(32)36)63-51(76)41(23-44(70)71)65-48(73)37(16-17-43(57)69)61-49(74)38(19-28(4)5)62-47(72)35(56)18-27(2)3/h12-15,24-31,35,37-42,45-46,59H,11,16-23,56H2,1-10H3,(H2,57,69)(H,58,60)(H,61,74)(H,62,72)(H,63,76)(H,64,75)(H,65,73)(H,66,79)(H,67,77)(H,68,78)(H,70,71)(H,80,81)/t31-,35-,37-,38-,39-,40-,41-,42-,45-,46-/m0/s1. The van der Waals surface area contributed by atoms with Gasteiger partial charge in [-0.3, -0.25) is 47.9 Å². The number of primary amides is 1. The van der Waals surface area contributed by atoms with Gasteiger partial charge in [-0.1, -0.05) is 93.9 Å². The third-order valence-electron chi connectivity index (χ3n) is 13.4. The van der Waals surface area contributed by atoms with E-state index in [4.69, 9.17) is 11.5 Å². The molecule has 0 aliphatic carbocycles. The fraction of sp³-hybridized carbons (Fsp3) is 0.600. The molecular weight excluding hydrogens is 1050 g/mol. The number of nitrogens with one attached hydrogen (secondary N) is 10. The monoisotopic (exact) mass is 1140 g/mol. The highest BCUT2D eigenvalue weighted by Crippen LogP contribution is 2.20. The molecule has 0 spiro atoms. The van der Waals surface area contributed by atoms with E-state index in [-0.39, 0.29) is 43.4 Å². The average Bonchev–Trinajstić information content (AvgIpc) is 4.14. The number of aliphatic carboxylic acids is 2. The molecule has 3 aromatic rings. The first-order chi connectivity index (χ1) is 38.0. The Labute approximate surface area is 471 Å². The van der Waals surface area contributed by atoms with Crippen LogP contribution in [0, 0.1) is 29.6 Å². The van der Waals surface area contributed by atoms with Crippen molar-refractivity contribution >= 4 is 76.0 Å². The first kappa shape index (κ1) is 67.4. The summed E-state index contributed by atoms with van der Waals surface area (Å²) < 4.78 is 0. The van der Waals surface area contributed by atoms with Crippen LogP contribution in [0.25, 0.3) is 10.9 Å². The van der Waals surface area contributed by atoms with Crippen molar-refractivity contribution in [3.63, 3.8) is 0 Å². The van der Waals surface area contributed by atoms with Gasteiger partial charge in [0.2, 0.25) is 53.2 Å². The first-order valence-electron chi connectivity index (χ1n) is 27.4. The third-order valence-corrected chi connectivity index (χ3v) is 13.4. The lowest BCUT2D eigenvalue weighted by Crippen LogP contribution is -2.62. The summed E-state index contributed by atoms with van der Waals surface area (Å²) in [4.78, 5) is 159. The number of benzene rings is 1. The SMILES string of the molecule is CC[C@H](C)[C@H](NC(=O)[C@@H](NC(=O)[C@H](Cc1cnc[nH]1)NC(=O)[C@H](Cc1c[nH]c2ccccc12)NC(=O)[C@H](CC(=O)O)NC(=O)[C@H](CCC(N)=O)NC(=O)[C@H](CC(C)C)NC(=O)[C@@H](N)CC(C)C)C(C)C)C(=O)N[C@@H](CC(C)C)C(=O)O. The number of hydrogen-bond acceptors (Lipinski definition) is 13. The number of carbonyl (C=O) groups is 11. The number of carboxylic acid groups (broad SMARTS) is 2. The van der Waals surface area contributed by atoms with Gasteiger partial charge in [0.15, 0.2) is 0 Å². The molecule has 10 atom stereocenters. The van der Waals surface area contributed by atoms with Gasteiger partial charge in [0.1, 0.15) is 48.3 Å². The normalized spacial score (nSPS) is 15.2. The molecule has 1 aromatic carbocycles. The minimum absolute atomic E-state index is 0.0519. The molecule has 448 valence electrons. The molecule has 9 amide bonds. The zero-order chi connectivity index (χ0) is 60.8. The minimum Gasteiger partial charge on any atom is -0.481 e. The number of para-hydroxylation sites is 1. The lowest BCUT2D eigenvalue weighted by atomic mass is 9.95. The molecule has 3 rings (SSSR count). The second-order valence-electron chi connectivity index (χ2n) is 22.2. The fourth-order valence-electron chi connectivity index (χ4n) is 8.87. The Morgan fingerprint density at radius 1 is 0.568 bits per heavy atom. The molecule has 0 aliphatic rings. The molecule has 16 N–H and O–H groups in total. The topological polar surface area (TPSA) is 421 Å². The van der Waals surface area contributed by atoms with Gasteiger partial charge in [-0.25, -0.2) is 9.78 Å². The molecule has 0 radical (unpaired) electrons. The molecule has 2 heterocycles. The van der Waals surface area contributed by atoms with E-state index in [0.717, 1.165) is 0 Å². The Morgan fingerprint density at radius 3 is 1.62 bits per heavy atom. The summed E-state index contributed by atoms with van der Waals surface area (Å²) in [6.07, 6.45) is 2.85. The van der Waals surface area contributed by atoms with Crippen molar-refractivity contribution in [2.24, 2.45) is 41.1 Å². The maximum Gasteiger partial charge on any atom is 0.326 e. The summed E-state index contributed by atoms with van der Waals surface area (Å²) in [6.45, 7) is 17.7. The summed E-state index contributed by atoms with van der Waals surface area (Å²) in [5.41, 5.74) is 13.0. The molecule has 0 unspecified atom stereocenters. The molecule has 2 aromatic heterocycles. The molecule has 81 heavy (non-hydrogen) atoms. The van der Waals surface area contributed by atoms with Gasteiger partial charge >= 0.3 is 11.9 Å². The van der Waals surface area contributed by atoms with Crippen molar-refractivity contribution < 1.29 is 63.0 Å². The Bertz CT molecular complexity index is 2640. The average molecular weight is 1140 g/mol. The number of hydrogen-bond donors (Lipinski definition) is 14. The number of fused-ring (bicyclic) bond motifs is 1. The van der Waals surface area contributed by atoms with Crippen LogP contribution >= 0.6 is 0 Å². The van der Waals surface area contributed by atoms with Crippen molar-refractivity contribution in [1.29, 1.82) is 0 Å². The number of amides is 9. The highest BCUT2D eigenvalue weighted by molar-refractivity contribution is 5.99. The van der Waals surface area contributed by atoms with E-state index in [1.54, 1.807) is 85.9 Å². The number of carbonyl (C=O) groups excluding carboxylic acids is 9. The number of H-pyrrole nitrogens is 2. The highest BCUT2D eigenvalue weighted by atomic mass is 16.4. The zero-order valence-corrected chi connectivity index (χ0v) is 48.0. The number of rotatable bonds is 35. The molecule has 0 fully saturated rings. The number of nitrogens with zero attached hydrogens (tertiary/aromatic N) is 1. The molecule has 0 bridgehead atoms. The summed E-state index contributed by atoms with van der Waals surface area (Å²) in [5, 5.41) is 41.2. The van der Waals surface area contributed by atoms with E-state index >= 15 is 0 Å². The van der Waals surface area contributed by atoms with Gasteiger partial charge in [0, 0.05) is 48.3 Å². The first-order valence-corrected chi connectivity index (χ1v) is 27.4. The molecule has 26 heteroatoms. The minimum atomic E-state index is -1.93. The Morgan fingerprint density at radius 2 is 1.06 bits per heavy atom. The summed E-state index contributed by atoms with van der Waals surface area (Å²) in [5.74, 6) is -12.1. The van der Waals surface area contributed by atoms with Crippen LogP contribution in [0.1, 0.15) is 125 Å². The smallest absolute Gasteiger partial charge is 0.326 e. The number of carboxylic acids is 2. The predicted octanol–water partition coefficient (Wildman–Crippen LogP) is 0.547. The predicted molar refractivity (Wildman–Crippen MR) is 299 cm³/mol. The zero-order valence-electron chi connectivity index (χ0n) is 48.0. The van der Waals surface area contributed by atoms with Crippen molar-refractivity contribution in [2.45, 2.75) is 181 Å². The fourth-order valence-corrected chi connectivity index (χ4v) is 8.87. The number of imidazole rings is 1. The third kappa shape index (κ3) is 22.3. The van der Waals surface area contributed by atoms with Gasteiger partial charge in [-0.2, -0.15) is 0 Å². The maximum atomic E-state index is 14.8. The maximum absolute atomic E-state index is 14.8. The van der Waals surface area contributed by atoms with Gasteiger partial charge < -0.3 is 74.2 Å². The molecular formula is C55H85N13O13. The Kier molecular flexibility index (Phi) is 26.9. The molecule has 0 aliphatic heterocycles. The van der Waals surface area contributed by atoms with Crippen LogP contribution in [0.2, 0.25) is 0 Å². The van der Waals surface area contributed by atoms with Crippen molar-refractivity contribution in [1.82, 2.24) is 57.5 Å². The van der Waals surface area contributed by atoms with Gasteiger partial charge in [-0.05, 0) is 66.9 Å². The van der Waals surface area contributed by atoms with Crippen LogP contribution in [-0.2, 0) is 65.6 Å². The van der Waals surface area contributed by atoms with E-state index in [1.165, 1.54) is 12.5 Å². The van der Waals surface area contributed by atoms with E-state index in [2.05, 4.69) is 57.5 Å². The number of nitrogens with two attached hydrogens (primary N) is 2. The van der Waals surface area contributed by atoms with Crippen LogP contribution in [0.15, 0.2) is 43.0 Å². The van der Waals surface area contributed by atoms with E-state index in [9.17, 15) is 63.0 Å². The van der Waals surface area contributed by atoms with Crippen molar-refractivity contribution in [2.75, 3.05) is 0 Å². The quantitative estimate of drug-likeness (QED) is 0.0382. The molecule has 0 saturated carbocycles. The summed E-state index contributed by atoms with van der Waals surface area (Å²) >= 11 is 0. The second kappa shape index (κ2) is 32.4. The van der Waals surface area contributed by atoms with Crippen molar-refractivity contribution in [3.8, 4) is 0 Å². The van der Waals surface area contributed by atoms with Gasteiger partial charge in [0.05, 0.1) is 18.8 Å². The molecule has 26 nitrogen and oxygen atoms in total. The summed E-state index contributed by atoms with van der Waals surface area (Å²) in [6, 6.07) is -5.56. The lowest BCUT2D eigenvalue weighted by Gasteiger charge is -2.30. The van der Waals surface area contributed by atoms with E-state index < -0.39 is 151 Å². The van der Waals surface area contributed by atoms with Crippen LogP contribution < -0.4 is 54.0 Å². The Balaban J connectivity index is 2.02. The second-order valence-corrected chi connectivity index (χ2v) is 22.2. The highest BCUT2D eigenvalue weighted by Gasteiger charge is 2.38. The number of aromatic nitrogens is 3. The largest absolute Gasteiger partial charge is 0.481 e. The summed E-state index contributed by atoms with van der Waals surface area (Å²) in [7, 11) is 0. The van der Waals surface area contributed by atoms with Crippen LogP contribution in [0.3, 0.4) is 0 Å². The van der Waals surface area contributed by atoms with Gasteiger partial charge in [-0.15, -0.1) is 0 Å². The van der Waals surface area contributed by atoms with Gasteiger partial charge in [0.25, 0.3) is 0 Å². The van der Waals surface area contributed by atoms with Crippen LogP contribution in [-0.4, -0.2) is 145 Å². The van der Waals surface area contributed by atoms with Crippen LogP contribution in [0.5, 0.6) is 0 Å². The van der Waals surface area contributed by atoms with Crippen LogP contribution in [0.4, 0.5) is 0 Å².